The predicted molar refractivity (Wildman–Crippen MR) is 101 cm³/mol. The summed E-state index contributed by atoms with van der Waals surface area (Å²) >= 11 is 2.12. The first-order valence-corrected chi connectivity index (χ1v) is 8.39. The molecule has 1 fully saturated rings. The molecule has 1 aliphatic rings. The van der Waals surface area contributed by atoms with E-state index in [-0.39, 0.29) is 5.57 Å². The van der Waals surface area contributed by atoms with E-state index in [2.05, 4.69) is 27.9 Å². The van der Waals surface area contributed by atoms with Gasteiger partial charge in [0.15, 0.2) is 0 Å². The third kappa shape index (κ3) is 3.41. The Hall–Kier alpha value is -2.68. The fraction of sp³-hybridized carbons (Fsp3) is 0.0556. The lowest BCUT2D eigenvalue weighted by Gasteiger charge is -2.26. The van der Waals surface area contributed by atoms with Gasteiger partial charge in [0, 0.05) is 3.57 Å². The molecule has 1 saturated heterocycles. The molecule has 3 rings (SSSR count). The molecule has 1 aliphatic heterocycles. The van der Waals surface area contributed by atoms with Crippen molar-refractivity contribution in [2.45, 2.75) is 0 Å². The Morgan fingerprint density at radius 1 is 1.04 bits per heavy atom. The zero-order chi connectivity index (χ0) is 18.0. The molecule has 4 amide bonds. The molecule has 0 spiro atoms. The molecule has 0 aromatic heterocycles. The summed E-state index contributed by atoms with van der Waals surface area (Å²) in [7, 11) is 1.52. The Bertz CT molecular complexity index is 890. The van der Waals surface area contributed by atoms with Gasteiger partial charge in [-0.3, -0.25) is 14.9 Å². The minimum absolute atomic E-state index is 0.0977. The van der Waals surface area contributed by atoms with Crippen LogP contribution in [0.1, 0.15) is 5.56 Å². The molecule has 0 saturated carbocycles. The van der Waals surface area contributed by atoms with Gasteiger partial charge in [-0.25, -0.2) is 9.69 Å². The van der Waals surface area contributed by atoms with Crippen molar-refractivity contribution in [2.24, 2.45) is 0 Å². The van der Waals surface area contributed by atoms with E-state index in [4.69, 9.17) is 4.74 Å². The monoisotopic (exact) mass is 448 g/mol. The van der Waals surface area contributed by atoms with Crippen LogP contribution in [0.5, 0.6) is 5.75 Å². The smallest absolute Gasteiger partial charge is 0.335 e. The summed E-state index contributed by atoms with van der Waals surface area (Å²) in [5, 5.41) is 2.20. The maximum atomic E-state index is 12.8. The van der Waals surface area contributed by atoms with Crippen LogP contribution in [0.4, 0.5) is 10.5 Å². The molecule has 0 bridgehead atoms. The molecule has 0 radical (unpaired) electrons. The Labute approximate surface area is 157 Å². The van der Waals surface area contributed by atoms with Crippen molar-refractivity contribution in [3.8, 4) is 5.75 Å². The number of imide groups is 2. The zero-order valence-corrected chi connectivity index (χ0v) is 15.3. The molecule has 0 atom stereocenters. The summed E-state index contributed by atoms with van der Waals surface area (Å²) in [6.07, 6.45) is 1.49. The number of amides is 4. The summed E-state index contributed by atoms with van der Waals surface area (Å²) in [6.45, 7) is 0. The molecule has 0 aliphatic carbocycles. The number of hydrogen-bond acceptors (Lipinski definition) is 4. The number of benzene rings is 2. The number of ether oxygens (including phenoxy) is 1. The van der Waals surface area contributed by atoms with Crippen LogP contribution in [-0.2, 0) is 9.59 Å². The SMILES string of the molecule is COc1ccc(N2C(=O)NC(=O)C(=Cc3ccccc3I)C2=O)cc1. The average molecular weight is 448 g/mol. The zero-order valence-electron chi connectivity index (χ0n) is 13.2. The van der Waals surface area contributed by atoms with Gasteiger partial charge in [-0.2, -0.15) is 0 Å². The van der Waals surface area contributed by atoms with E-state index in [1.807, 2.05) is 18.2 Å². The lowest BCUT2D eigenvalue weighted by atomic mass is 10.1. The molecular formula is C18H13IN2O4. The maximum Gasteiger partial charge on any atom is 0.335 e. The van der Waals surface area contributed by atoms with Crippen molar-refractivity contribution < 1.29 is 19.1 Å². The van der Waals surface area contributed by atoms with Gasteiger partial charge in [-0.1, -0.05) is 18.2 Å². The molecule has 1 N–H and O–H groups in total. The van der Waals surface area contributed by atoms with E-state index in [1.165, 1.54) is 13.2 Å². The van der Waals surface area contributed by atoms with Crippen LogP contribution in [0, 0.1) is 3.57 Å². The third-order valence-corrected chi connectivity index (χ3v) is 4.62. The van der Waals surface area contributed by atoms with Crippen LogP contribution in [0.3, 0.4) is 0 Å². The van der Waals surface area contributed by atoms with Crippen LogP contribution in [0.2, 0.25) is 0 Å². The quantitative estimate of drug-likeness (QED) is 0.445. The molecule has 7 heteroatoms. The van der Waals surface area contributed by atoms with Crippen molar-refractivity contribution in [1.82, 2.24) is 5.32 Å². The Morgan fingerprint density at radius 3 is 2.36 bits per heavy atom. The standard InChI is InChI=1S/C18H13IN2O4/c1-25-13-8-6-12(7-9-13)21-17(23)14(16(22)20-18(21)24)10-11-4-2-3-5-15(11)19/h2-10H,1H3,(H,20,22,24). The van der Waals surface area contributed by atoms with Gasteiger partial charge in [-0.05, 0) is 64.6 Å². The molecule has 0 unspecified atom stereocenters. The van der Waals surface area contributed by atoms with E-state index in [0.717, 1.165) is 14.0 Å². The molecule has 2 aromatic carbocycles. The largest absolute Gasteiger partial charge is 0.497 e. The van der Waals surface area contributed by atoms with E-state index in [1.54, 1.807) is 30.3 Å². The van der Waals surface area contributed by atoms with Gasteiger partial charge in [0.25, 0.3) is 11.8 Å². The number of methoxy groups -OCH3 is 1. The van der Waals surface area contributed by atoms with Crippen LogP contribution in [0.25, 0.3) is 6.08 Å². The van der Waals surface area contributed by atoms with Gasteiger partial charge >= 0.3 is 6.03 Å². The normalized spacial score (nSPS) is 16.2. The highest BCUT2D eigenvalue weighted by Gasteiger charge is 2.36. The minimum Gasteiger partial charge on any atom is -0.497 e. The van der Waals surface area contributed by atoms with Gasteiger partial charge in [0.1, 0.15) is 11.3 Å². The van der Waals surface area contributed by atoms with Crippen molar-refractivity contribution >= 4 is 52.2 Å². The molecular weight excluding hydrogens is 435 g/mol. The minimum atomic E-state index is -0.778. The fourth-order valence-electron chi connectivity index (χ4n) is 2.37. The van der Waals surface area contributed by atoms with Crippen LogP contribution in [-0.4, -0.2) is 25.0 Å². The van der Waals surface area contributed by atoms with E-state index >= 15 is 0 Å². The van der Waals surface area contributed by atoms with Gasteiger partial charge in [0.05, 0.1) is 12.8 Å². The van der Waals surface area contributed by atoms with E-state index in [0.29, 0.717) is 11.4 Å². The predicted octanol–water partition coefficient (Wildman–Crippen LogP) is 2.97. The Balaban J connectivity index is 2.01. The number of hydrogen-bond donors (Lipinski definition) is 1. The first-order chi connectivity index (χ1) is 12.0. The summed E-state index contributed by atoms with van der Waals surface area (Å²) in [5.74, 6) is -0.780. The summed E-state index contributed by atoms with van der Waals surface area (Å²) < 4.78 is 5.96. The van der Waals surface area contributed by atoms with Crippen molar-refractivity contribution in [3.63, 3.8) is 0 Å². The number of barbiturate groups is 1. The Morgan fingerprint density at radius 2 is 1.72 bits per heavy atom. The first-order valence-electron chi connectivity index (χ1n) is 7.31. The summed E-state index contributed by atoms with van der Waals surface area (Å²) in [6, 6.07) is 13.0. The summed E-state index contributed by atoms with van der Waals surface area (Å²) in [4.78, 5) is 38.0. The topological polar surface area (TPSA) is 75.7 Å². The van der Waals surface area contributed by atoms with Crippen LogP contribution >= 0.6 is 22.6 Å². The number of nitrogens with one attached hydrogen (secondary N) is 1. The number of halogens is 1. The molecule has 2 aromatic rings. The maximum absolute atomic E-state index is 12.8. The molecule has 1 heterocycles. The van der Waals surface area contributed by atoms with Gasteiger partial charge < -0.3 is 4.74 Å². The number of nitrogens with zero attached hydrogens (tertiary/aromatic N) is 1. The second-order valence-electron chi connectivity index (χ2n) is 5.18. The number of anilines is 1. The summed E-state index contributed by atoms with van der Waals surface area (Å²) in [5.41, 5.74) is 0.981. The second kappa shape index (κ2) is 7.06. The average Bonchev–Trinajstić information content (AvgIpc) is 2.60. The van der Waals surface area contributed by atoms with Crippen LogP contribution < -0.4 is 15.0 Å². The third-order valence-electron chi connectivity index (χ3n) is 3.64. The van der Waals surface area contributed by atoms with E-state index in [9.17, 15) is 14.4 Å². The number of rotatable bonds is 3. The molecule has 6 nitrogen and oxygen atoms in total. The lowest BCUT2D eigenvalue weighted by molar-refractivity contribution is -0.122. The number of carbonyl (C=O) groups excluding carboxylic acids is 3. The Kier molecular flexibility index (Phi) is 4.84. The highest BCUT2D eigenvalue weighted by molar-refractivity contribution is 14.1. The van der Waals surface area contributed by atoms with Gasteiger partial charge in [-0.15, -0.1) is 0 Å². The molecule has 25 heavy (non-hydrogen) atoms. The van der Waals surface area contributed by atoms with Crippen molar-refractivity contribution in [1.29, 1.82) is 0 Å². The second-order valence-corrected chi connectivity index (χ2v) is 6.34. The molecule has 126 valence electrons. The van der Waals surface area contributed by atoms with Crippen molar-refractivity contribution in [2.75, 3.05) is 12.0 Å². The van der Waals surface area contributed by atoms with Crippen molar-refractivity contribution in [3.05, 3.63) is 63.2 Å². The lowest BCUT2D eigenvalue weighted by Crippen LogP contribution is -2.54. The van der Waals surface area contributed by atoms with Crippen LogP contribution in [0.15, 0.2) is 54.1 Å². The number of carbonyl (C=O) groups is 3. The first kappa shape index (κ1) is 17.2. The highest BCUT2D eigenvalue weighted by Crippen LogP contribution is 2.25. The van der Waals surface area contributed by atoms with E-state index < -0.39 is 17.8 Å². The van der Waals surface area contributed by atoms with Gasteiger partial charge in [0.2, 0.25) is 0 Å². The number of urea groups is 1. The highest BCUT2D eigenvalue weighted by atomic mass is 127. The fourth-order valence-corrected chi connectivity index (χ4v) is 2.91.